The van der Waals surface area contributed by atoms with Crippen molar-refractivity contribution < 1.29 is 8.42 Å². The van der Waals surface area contributed by atoms with Gasteiger partial charge >= 0.3 is 0 Å². The Morgan fingerprint density at radius 3 is 2.55 bits per heavy atom. The molecule has 106 valence electrons. The van der Waals surface area contributed by atoms with E-state index in [9.17, 15) is 8.42 Å². The van der Waals surface area contributed by atoms with Crippen LogP contribution in [0.2, 0.25) is 0 Å². The van der Waals surface area contributed by atoms with Crippen molar-refractivity contribution in [2.24, 2.45) is 0 Å². The molecule has 0 fully saturated rings. The van der Waals surface area contributed by atoms with Gasteiger partial charge in [0.2, 0.25) is 10.0 Å². The molecule has 20 heavy (non-hydrogen) atoms. The molecule has 5 nitrogen and oxygen atoms in total. The lowest BCUT2D eigenvalue weighted by molar-refractivity contribution is 0.520. The number of nitrogens with two attached hydrogens (primary N) is 1. The van der Waals surface area contributed by atoms with Gasteiger partial charge in [-0.2, -0.15) is 0 Å². The zero-order valence-electron chi connectivity index (χ0n) is 11.1. The number of sulfonamides is 1. The highest BCUT2D eigenvalue weighted by atomic mass is 32.2. The van der Waals surface area contributed by atoms with Crippen LogP contribution in [0.4, 0.5) is 5.69 Å². The first-order chi connectivity index (χ1) is 9.41. The molecule has 0 spiro atoms. The number of hydrogen-bond acceptors (Lipinski definition) is 5. The standard InChI is InChI=1S/C13H15N3O2S2/c1-16(2)20(17,18)10-6-7-11(14)12(9-10)19-13-5-3-4-8-15-13/h3-9H,14H2,1-2H3. The van der Waals surface area contributed by atoms with Crippen molar-refractivity contribution in [2.45, 2.75) is 14.8 Å². The highest BCUT2D eigenvalue weighted by Crippen LogP contribution is 2.32. The highest BCUT2D eigenvalue weighted by Gasteiger charge is 2.18. The minimum atomic E-state index is -3.46. The third kappa shape index (κ3) is 3.12. The van der Waals surface area contributed by atoms with Crippen LogP contribution in [0.3, 0.4) is 0 Å². The van der Waals surface area contributed by atoms with Crippen LogP contribution in [0.25, 0.3) is 0 Å². The lowest BCUT2D eigenvalue weighted by atomic mass is 10.3. The summed E-state index contributed by atoms with van der Waals surface area (Å²) in [5, 5.41) is 0.763. The lowest BCUT2D eigenvalue weighted by Crippen LogP contribution is -2.22. The van der Waals surface area contributed by atoms with E-state index in [-0.39, 0.29) is 4.90 Å². The summed E-state index contributed by atoms with van der Waals surface area (Å²) >= 11 is 1.34. The Balaban J connectivity index is 2.40. The third-order valence-electron chi connectivity index (χ3n) is 2.62. The average Bonchev–Trinajstić information content (AvgIpc) is 2.42. The molecule has 0 bridgehead atoms. The number of aromatic nitrogens is 1. The summed E-state index contributed by atoms with van der Waals surface area (Å²) in [5.74, 6) is 0. The SMILES string of the molecule is CN(C)S(=O)(=O)c1ccc(N)c(Sc2ccccn2)c1. The van der Waals surface area contributed by atoms with Crippen LogP contribution in [-0.4, -0.2) is 31.8 Å². The molecule has 0 aliphatic heterocycles. The molecule has 2 rings (SSSR count). The van der Waals surface area contributed by atoms with Crippen LogP contribution in [-0.2, 0) is 10.0 Å². The van der Waals surface area contributed by atoms with E-state index in [2.05, 4.69) is 4.98 Å². The van der Waals surface area contributed by atoms with E-state index in [1.54, 1.807) is 18.3 Å². The summed E-state index contributed by atoms with van der Waals surface area (Å²) < 4.78 is 25.4. The van der Waals surface area contributed by atoms with Crippen LogP contribution in [0, 0.1) is 0 Å². The molecule has 0 aliphatic carbocycles. The Morgan fingerprint density at radius 1 is 1.20 bits per heavy atom. The Kier molecular flexibility index (Phi) is 4.32. The maximum absolute atomic E-state index is 12.1. The fraction of sp³-hybridized carbons (Fsp3) is 0.154. The van der Waals surface area contributed by atoms with E-state index in [4.69, 9.17) is 5.73 Å². The molecule has 0 unspecified atom stereocenters. The number of nitrogens with zero attached hydrogens (tertiary/aromatic N) is 2. The molecule has 0 saturated heterocycles. The van der Waals surface area contributed by atoms with Gasteiger partial charge in [-0.05, 0) is 30.3 Å². The molecule has 1 heterocycles. The minimum Gasteiger partial charge on any atom is -0.398 e. The summed E-state index contributed by atoms with van der Waals surface area (Å²) in [6.45, 7) is 0. The van der Waals surface area contributed by atoms with Gasteiger partial charge in [-0.15, -0.1) is 0 Å². The summed E-state index contributed by atoms with van der Waals surface area (Å²) in [5.41, 5.74) is 6.43. The predicted molar refractivity (Wildman–Crippen MR) is 80.1 cm³/mol. The molecule has 2 aromatic rings. The van der Waals surface area contributed by atoms with Gasteiger partial charge in [-0.3, -0.25) is 0 Å². The van der Waals surface area contributed by atoms with Crippen LogP contribution in [0.1, 0.15) is 0 Å². The molecular weight excluding hydrogens is 294 g/mol. The van der Waals surface area contributed by atoms with Crippen LogP contribution in [0.15, 0.2) is 57.4 Å². The normalized spacial score (nSPS) is 11.8. The Labute approximate surface area is 122 Å². The first-order valence-corrected chi connectivity index (χ1v) is 8.08. The van der Waals surface area contributed by atoms with Gasteiger partial charge in [0.1, 0.15) is 5.03 Å². The van der Waals surface area contributed by atoms with Crippen LogP contribution < -0.4 is 5.73 Å². The summed E-state index contributed by atoms with van der Waals surface area (Å²) in [6, 6.07) is 10.2. The van der Waals surface area contributed by atoms with Crippen molar-refractivity contribution in [3.63, 3.8) is 0 Å². The quantitative estimate of drug-likeness (QED) is 0.875. The Bertz CT molecular complexity index is 701. The Hall–Kier alpha value is -1.57. The fourth-order valence-electron chi connectivity index (χ4n) is 1.49. The number of nitrogen functional groups attached to an aromatic ring is 1. The van der Waals surface area contributed by atoms with Crippen molar-refractivity contribution in [3.05, 3.63) is 42.6 Å². The van der Waals surface area contributed by atoms with Crippen molar-refractivity contribution in [2.75, 3.05) is 19.8 Å². The summed E-state index contributed by atoms with van der Waals surface area (Å²) in [7, 11) is -0.470. The molecular formula is C13H15N3O2S2. The second-order valence-corrected chi connectivity index (χ2v) is 7.47. The number of pyridine rings is 1. The van der Waals surface area contributed by atoms with E-state index >= 15 is 0 Å². The van der Waals surface area contributed by atoms with Crippen molar-refractivity contribution in [1.82, 2.24) is 9.29 Å². The molecule has 0 atom stereocenters. The van der Waals surface area contributed by atoms with Gasteiger partial charge in [-0.1, -0.05) is 17.8 Å². The maximum Gasteiger partial charge on any atom is 0.242 e. The molecule has 7 heteroatoms. The molecule has 0 amide bonds. The van der Waals surface area contributed by atoms with E-state index in [1.807, 2.05) is 18.2 Å². The third-order valence-corrected chi connectivity index (χ3v) is 5.45. The van der Waals surface area contributed by atoms with E-state index < -0.39 is 10.0 Å². The van der Waals surface area contributed by atoms with E-state index in [0.29, 0.717) is 10.6 Å². The van der Waals surface area contributed by atoms with Gasteiger partial charge < -0.3 is 5.73 Å². The zero-order valence-corrected chi connectivity index (χ0v) is 12.8. The van der Waals surface area contributed by atoms with Gasteiger partial charge in [-0.25, -0.2) is 17.7 Å². The van der Waals surface area contributed by atoms with Gasteiger partial charge in [0.25, 0.3) is 0 Å². The van der Waals surface area contributed by atoms with E-state index in [1.165, 1.54) is 36.2 Å². The summed E-state index contributed by atoms with van der Waals surface area (Å²) in [6.07, 6.45) is 1.68. The molecule has 0 saturated carbocycles. The maximum atomic E-state index is 12.1. The first kappa shape index (κ1) is 14.8. The van der Waals surface area contributed by atoms with Crippen molar-refractivity contribution in [3.8, 4) is 0 Å². The fourth-order valence-corrected chi connectivity index (χ4v) is 3.35. The lowest BCUT2D eigenvalue weighted by Gasteiger charge is -2.13. The second kappa shape index (κ2) is 5.82. The molecule has 0 aliphatic rings. The monoisotopic (exact) mass is 309 g/mol. The molecule has 1 aromatic carbocycles. The van der Waals surface area contributed by atoms with Gasteiger partial charge in [0.15, 0.2) is 0 Å². The zero-order chi connectivity index (χ0) is 14.8. The number of anilines is 1. The van der Waals surface area contributed by atoms with Crippen molar-refractivity contribution in [1.29, 1.82) is 0 Å². The summed E-state index contributed by atoms with van der Waals surface area (Å²) in [4.78, 5) is 5.08. The van der Waals surface area contributed by atoms with Gasteiger partial charge in [0, 0.05) is 30.9 Å². The number of benzene rings is 1. The van der Waals surface area contributed by atoms with Gasteiger partial charge in [0.05, 0.1) is 4.90 Å². The average molecular weight is 309 g/mol. The highest BCUT2D eigenvalue weighted by molar-refractivity contribution is 7.99. The predicted octanol–water partition coefficient (Wildman–Crippen LogP) is 2.07. The van der Waals surface area contributed by atoms with Crippen LogP contribution in [0.5, 0.6) is 0 Å². The second-order valence-electron chi connectivity index (χ2n) is 4.26. The topological polar surface area (TPSA) is 76.3 Å². The molecule has 1 aromatic heterocycles. The minimum absolute atomic E-state index is 0.218. The first-order valence-electron chi connectivity index (χ1n) is 5.82. The van der Waals surface area contributed by atoms with Crippen LogP contribution >= 0.6 is 11.8 Å². The van der Waals surface area contributed by atoms with Crippen molar-refractivity contribution >= 4 is 27.5 Å². The van der Waals surface area contributed by atoms with E-state index in [0.717, 1.165) is 5.03 Å². The largest absolute Gasteiger partial charge is 0.398 e. The molecule has 0 radical (unpaired) electrons. The Morgan fingerprint density at radius 2 is 1.95 bits per heavy atom. The smallest absolute Gasteiger partial charge is 0.242 e. The number of rotatable bonds is 4. The number of hydrogen-bond donors (Lipinski definition) is 1. The molecule has 2 N–H and O–H groups in total.